The van der Waals surface area contributed by atoms with Crippen molar-refractivity contribution < 1.29 is 9.47 Å². The third-order valence-corrected chi connectivity index (χ3v) is 5.94. The Hall–Kier alpha value is -3.94. The molecule has 8 heteroatoms. The van der Waals surface area contributed by atoms with Crippen LogP contribution in [0.2, 0.25) is 0 Å². The van der Waals surface area contributed by atoms with Crippen LogP contribution in [0.5, 0.6) is 11.5 Å². The van der Waals surface area contributed by atoms with Gasteiger partial charge in [-0.2, -0.15) is 0 Å². The highest BCUT2D eigenvalue weighted by atomic mass is 16.5. The smallest absolute Gasteiger partial charge is 0.331 e. The summed E-state index contributed by atoms with van der Waals surface area (Å²) in [5.41, 5.74) is 3.33. The van der Waals surface area contributed by atoms with Crippen LogP contribution in [0.15, 0.2) is 58.3 Å². The van der Waals surface area contributed by atoms with Gasteiger partial charge in [-0.05, 0) is 18.2 Å². The van der Waals surface area contributed by atoms with Crippen molar-refractivity contribution >= 4 is 16.6 Å². The number of ether oxygens (including phenoxy) is 2. The summed E-state index contributed by atoms with van der Waals surface area (Å²) in [6.45, 7) is 0. The van der Waals surface area contributed by atoms with Crippen molar-refractivity contribution in [2.45, 2.75) is 6.04 Å². The molecule has 2 aromatic carbocycles. The molecule has 0 radical (unpaired) electrons. The zero-order valence-corrected chi connectivity index (χ0v) is 17.7. The van der Waals surface area contributed by atoms with Crippen molar-refractivity contribution in [2.24, 2.45) is 14.1 Å². The maximum atomic E-state index is 13.0. The van der Waals surface area contributed by atoms with Gasteiger partial charge in [0.25, 0.3) is 5.56 Å². The summed E-state index contributed by atoms with van der Waals surface area (Å²) >= 11 is 0. The van der Waals surface area contributed by atoms with Crippen molar-refractivity contribution in [1.82, 2.24) is 13.7 Å². The summed E-state index contributed by atoms with van der Waals surface area (Å²) in [7, 11) is 6.37. The van der Waals surface area contributed by atoms with Gasteiger partial charge < -0.3 is 19.4 Å². The molecule has 1 atom stereocenters. The van der Waals surface area contributed by atoms with E-state index in [1.807, 2.05) is 53.2 Å². The van der Waals surface area contributed by atoms with Gasteiger partial charge in [0.05, 0.1) is 48.2 Å². The molecule has 31 heavy (non-hydrogen) atoms. The largest absolute Gasteiger partial charge is 0.493 e. The second kappa shape index (κ2) is 6.80. The van der Waals surface area contributed by atoms with Crippen molar-refractivity contribution in [3.05, 3.63) is 80.8 Å². The van der Waals surface area contributed by atoms with Crippen LogP contribution >= 0.6 is 0 Å². The van der Waals surface area contributed by atoms with E-state index in [1.54, 1.807) is 21.3 Å². The number of fused-ring (bicyclic) bond motifs is 5. The molecule has 0 fully saturated rings. The van der Waals surface area contributed by atoms with Crippen molar-refractivity contribution in [2.75, 3.05) is 19.5 Å². The first-order valence-corrected chi connectivity index (χ1v) is 9.85. The monoisotopic (exact) mass is 418 g/mol. The number of methoxy groups -OCH3 is 2. The van der Waals surface area contributed by atoms with Gasteiger partial charge in [-0.15, -0.1) is 0 Å². The average Bonchev–Trinajstić information content (AvgIpc) is 3.21. The first-order chi connectivity index (χ1) is 15.0. The minimum Gasteiger partial charge on any atom is -0.493 e. The number of hydrogen-bond donors (Lipinski definition) is 1. The molecule has 158 valence electrons. The van der Waals surface area contributed by atoms with Crippen LogP contribution in [0.4, 0.5) is 5.69 Å². The maximum Gasteiger partial charge on any atom is 0.331 e. The lowest BCUT2D eigenvalue weighted by Crippen LogP contribution is -2.37. The number of aryl methyl sites for hydroxylation is 1. The number of benzene rings is 2. The van der Waals surface area contributed by atoms with Gasteiger partial charge >= 0.3 is 5.69 Å². The molecule has 2 aromatic heterocycles. The van der Waals surface area contributed by atoms with Crippen molar-refractivity contribution in [1.29, 1.82) is 0 Å². The summed E-state index contributed by atoms with van der Waals surface area (Å²) in [6, 6.07) is 13.2. The molecule has 0 spiro atoms. The molecule has 0 amide bonds. The van der Waals surface area contributed by atoms with Gasteiger partial charge in [-0.1, -0.05) is 24.3 Å². The molecule has 1 N–H and O–H groups in total. The number of hydrogen-bond acceptors (Lipinski definition) is 5. The van der Waals surface area contributed by atoms with Gasteiger partial charge in [0.1, 0.15) is 0 Å². The van der Waals surface area contributed by atoms with E-state index in [4.69, 9.17) is 9.47 Å². The van der Waals surface area contributed by atoms with Crippen LogP contribution in [-0.2, 0) is 14.1 Å². The van der Waals surface area contributed by atoms with E-state index in [1.165, 1.54) is 11.6 Å². The summed E-state index contributed by atoms with van der Waals surface area (Å²) in [6.07, 6.45) is 1.81. The number of nitrogens with one attached hydrogen (secondary N) is 1. The van der Waals surface area contributed by atoms with Crippen molar-refractivity contribution in [3.63, 3.8) is 0 Å². The fraction of sp³-hybridized carbons (Fsp3) is 0.217. The van der Waals surface area contributed by atoms with Crippen LogP contribution < -0.4 is 26.0 Å². The highest BCUT2D eigenvalue weighted by Gasteiger charge is 2.33. The lowest BCUT2D eigenvalue weighted by molar-refractivity contribution is 0.351. The van der Waals surface area contributed by atoms with Gasteiger partial charge in [-0.25, -0.2) is 4.79 Å². The molecule has 8 nitrogen and oxygen atoms in total. The van der Waals surface area contributed by atoms with Gasteiger partial charge in [0, 0.05) is 25.9 Å². The molecule has 3 heterocycles. The molecular formula is C23H22N4O4. The molecule has 0 aliphatic carbocycles. The molecule has 0 bridgehead atoms. The first-order valence-electron chi connectivity index (χ1n) is 9.85. The summed E-state index contributed by atoms with van der Waals surface area (Å²) in [5.74, 6) is 1.20. The highest BCUT2D eigenvalue weighted by molar-refractivity contribution is 5.86. The van der Waals surface area contributed by atoms with Crippen LogP contribution in [0.1, 0.15) is 17.3 Å². The molecule has 0 saturated heterocycles. The Morgan fingerprint density at radius 2 is 1.71 bits per heavy atom. The van der Waals surface area contributed by atoms with Crippen LogP contribution in [-0.4, -0.2) is 27.9 Å². The topological polar surface area (TPSA) is 79.4 Å². The van der Waals surface area contributed by atoms with Crippen LogP contribution in [0.25, 0.3) is 16.6 Å². The van der Waals surface area contributed by atoms with E-state index in [2.05, 4.69) is 5.32 Å². The summed E-state index contributed by atoms with van der Waals surface area (Å²) in [4.78, 5) is 25.7. The van der Waals surface area contributed by atoms with E-state index in [0.29, 0.717) is 22.4 Å². The van der Waals surface area contributed by atoms with Gasteiger partial charge in [-0.3, -0.25) is 13.9 Å². The number of rotatable bonds is 3. The minimum absolute atomic E-state index is 0.325. The highest BCUT2D eigenvalue weighted by Crippen LogP contribution is 2.44. The predicted octanol–water partition coefficient (Wildman–Crippen LogP) is 2.56. The second-order valence-electron chi connectivity index (χ2n) is 7.53. The molecule has 1 aliphatic heterocycles. The van der Waals surface area contributed by atoms with E-state index in [9.17, 15) is 9.59 Å². The maximum absolute atomic E-state index is 13.0. The van der Waals surface area contributed by atoms with E-state index >= 15 is 0 Å². The zero-order valence-electron chi connectivity index (χ0n) is 17.7. The SMILES string of the molecule is COc1cccc([C@H]2Nc3ccccc3-n3cc4c(=O)n(C)c(=O)n(C)c4c32)c1OC. The average molecular weight is 418 g/mol. The minimum atomic E-state index is -0.379. The lowest BCUT2D eigenvalue weighted by Gasteiger charge is -2.31. The molecule has 0 saturated carbocycles. The predicted molar refractivity (Wildman–Crippen MR) is 119 cm³/mol. The standard InChI is InChI=1S/C23H22N4O4/c1-25-19-14(22(28)26(2)23(25)29)12-27-16-10-6-5-9-15(16)24-18(20(19)27)13-8-7-11-17(30-3)21(13)31-4/h5-12,18,24H,1-4H3/t18-/m1/s1. The van der Waals surface area contributed by atoms with E-state index < -0.39 is 0 Å². The third kappa shape index (κ3) is 2.54. The Morgan fingerprint density at radius 1 is 0.935 bits per heavy atom. The van der Waals surface area contributed by atoms with E-state index in [0.717, 1.165) is 27.2 Å². The zero-order chi connectivity index (χ0) is 21.9. The van der Waals surface area contributed by atoms with E-state index in [-0.39, 0.29) is 17.3 Å². The number of para-hydroxylation sites is 3. The fourth-order valence-corrected chi connectivity index (χ4v) is 4.48. The lowest BCUT2D eigenvalue weighted by atomic mass is 9.98. The Kier molecular flexibility index (Phi) is 4.18. The molecule has 5 rings (SSSR count). The fourth-order valence-electron chi connectivity index (χ4n) is 4.48. The summed E-state index contributed by atoms with van der Waals surface area (Å²) in [5, 5.41) is 4.05. The molecule has 4 aromatic rings. The molecule has 1 aliphatic rings. The first kappa shape index (κ1) is 19.0. The number of anilines is 1. The normalized spacial score (nSPS) is 14.6. The van der Waals surface area contributed by atoms with Crippen LogP contribution in [0.3, 0.4) is 0 Å². The number of aromatic nitrogens is 3. The Bertz CT molecular complexity index is 1460. The number of nitrogens with zero attached hydrogens (tertiary/aromatic N) is 3. The molecular weight excluding hydrogens is 396 g/mol. The quantitative estimate of drug-likeness (QED) is 0.553. The Balaban J connectivity index is 1.93. The second-order valence-corrected chi connectivity index (χ2v) is 7.53. The van der Waals surface area contributed by atoms with Gasteiger partial charge in [0.15, 0.2) is 11.5 Å². The molecule has 0 unspecified atom stereocenters. The third-order valence-electron chi connectivity index (χ3n) is 5.94. The van der Waals surface area contributed by atoms with Gasteiger partial charge in [0.2, 0.25) is 0 Å². The Labute approximate surface area is 177 Å². The van der Waals surface area contributed by atoms with Crippen molar-refractivity contribution in [3.8, 4) is 17.2 Å². The van der Waals surface area contributed by atoms with Crippen LogP contribution in [0, 0.1) is 0 Å². The Morgan fingerprint density at radius 3 is 2.45 bits per heavy atom. The summed E-state index contributed by atoms with van der Waals surface area (Å²) < 4.78 is 15.9.